The second-order valence-electron chi connectivity index (χ2n) is 4.22. The van der Waals surface area contributed by atoms with Crippen molar-refractivity contribution in [2.75, 3.05) is 17.2 Å². The first-order valence-corrected chi connectivity index (χ1v) is 6.23. The van der Waals surface area contributed by atoms with Crippen LogP contribution in [0.3, 0.4) is 0 Å². The average molecular weight is 274 g/mol. The minimum Gasteiger partial charge on any atom is -0.367 e. The summed E-state index contributed by atoms with van der Waals surface area (Å²) < 4.78 is 13.3. The Labute approximate surface area is 116 Å². The summed E-state index contributed by atoms with van der Waals surface area (Å²) >= 11 is 0. The summed E-state index contributed by atoms with van der Waals surface area (Å²) in [4.78, 5) is 19.7. The molecule has 0 radical (unpaired) electrons. The van der Waals surface area contributed by atoms with Crippen molar-refractivity contribution in [3.8, 4) is 0 Å². The molecule has 2 rings (SSSR count). The predicted molar refractivity (Wildman–Crippen MR) is 74.9 cm³/mol. The number of hydrogen-bond acceptors (Lipinski definition) is 4. The van der Waals surface area contributed by atoms with E-state index in [1.165, 1.54) is 18.3 Å². The van der Waals surface area contributed by atoms with Crippen molar-refractivity contribution >= 4 is 17.5 Å². The van der Waals surface area contributed by atoms with E-state index in [-0.39, 0.29) is 18.1 Å². The van der Waals surface area contributed by atoms with Crippen molar-refractivity contribution in [3.63, 3.8) is 0 Å². The lowest BCUT2D eigenvalue weighted by atomic mass is 10.3. The zero-order chi connectivity index (χ0) is 14.4. The first-order chi connectivity index (χ1) is 9.65. The van der Waals surface area contributed by atoms with E-state index in [4.69, 9.17) is 0 Å². The molecule has 0 saturated heterocycles. The van der Waals surface area contributed by atoms with Gasteiger partial charge in [0.2, 0.25) is 5.91 Å². The molecule has 1 amide bonds. The van der Waals surface area contributed by atoms with Crippen LogP contribution in [0.2, 0.25) is 0 Å². The monoisotopic (exact) mass is 274 g/mol. The normalized spacial score (nSPS) is 10.1. The third-order valence-electron chi connectivity index (χ3n) is 2.56. The Kier molecular flexibility index (Phi) is 4.60. The maximum Gasteiger partial charge on any atom is 0.227 e. The highest BCUT2D eigenvalue weighted by Crippen LogP contribution is 2.08. The molecule has 0 atom stereocenters. The molecule has 0 fully saturated rings. The molecule has 6 heteroatoms. The van der Waals surface area contributed by atoms with Gasteiger partial charge in [-0.15, -0.1) is 0 Å². The lowest BCUT2D eigenvalue weighted by Crippen LogP contribution is -2.17. The number of nitrogens with zero attached hydrogens (tertiary/aromatic N) is 2. The van der Waals surface area contributed by atoms with E-state index in [1.807, 2.05) is 19.1 Å². The van der Waals surface area contributed by atoms with Gasteiger partial charge < -0.3 is 10.6 Å². The van der Waals surface area contributed by atoms with Crippen molar-refractivity contribution in [1.29, 1.82) is 0 Å². The highest BCUT2D eigenvalue weighted by atomic mass is 19.1. The molecule has 2 aromatic rings. The van der Waals surface area contributed by atoms with Crippen molar-refractivity contribution < 1.29 is 9.18 Å². The molecule has 5 nitrogen and oxygen atoms in total. The molecule has 0 aliphatic heterocycles. The Bertz CT molecular complexity index is 603. The molecular formula is C14H15FN4O. The predicted octanol–water partition coefficient (Wildman–Crippen LogP) is 2.36. The van der Waals surface area contributed by atoms with Gasteiger partial charge in [0.25, 0.3) is 0 Å². The largest absolute Gasteiger partial charge is 0.367 e. The summed E-state index contributed by atoms with van der Waals surface area (Å²) in [5.41, 5.74) is 0.830. The number of halogens is 1. The van der Waals surface area contributed by atoms with E-state index in [1.54, 1.807) is 6.07 Å². The van der Waals surface area contributed by atoms with Crippen LogP contribution in [0.4, 0.5) is 16.0 Å². The van der Waals surface area contributed by atoms with Crippen molar-refractivity contribution in [3.05, 3.63) is 48.0 Å². The van der Waals surface area contributed by atoms with Crippen molar-refractivity contribution in [2.24, 2.45) is 0 Å². The first-order valence-electron chi connectivity index (χ1n) is 6.23. The van der Waals surface area contributed by atoms with E-state index >= 15 is 0 Å². The van der Waals surface area contributed by atoms with Crippen molar-refractivity contribution in [1.82, 2.24) is 9.97 Å². The van der Waals surface area contributed by atoms with Crippen LogP contribution in [-0.2, 0) is 4.79 Å². The zero-order valence-electron chi connectivity index (χ0n) is 11.1. The van der Waals surface area contributed by atoms with Crippen LogP contribution in [0.25, 0.3) is 0 Å². The lowest BCUT2D eigenvalue weighted by Gasteiger charge is -2.07. The average Bonchev–Trinajstić information content (AvgIpc) is 2.41. The van der Waals surface area contributed by atoms with Gasteiger partial charge in [0.05, 0.1) is 0 Å². The van der Waals surface area contributed by atoms with Gasteiger partial charge in [-0.05, 0) is 31.2 Å². The van der Waals surface area contributed by atoms with Crippen LogP contribution in [0.5, 0.6) is 0 Å². The number of pyridine rings is 2. The summed E-state index contributed by atoms with van der Waals surface area (Å²) in [5, 5.41) is 5.45. The summed E-state index contributed by atoms with van der Waals surface area (Å²) in [7, 11) is 0. The molecule has 0 bridgehead atoms. The number of anilines is 2. The molecule has 0 aromatic carbocycles. The van der Waals surface area contributed by atoms with E-state index in [9.17, 15) is 9.18 Å². The first kappa shape index (κ1) is 13.9. The van der Waals surface area contributed by atoms with Gasteiger partial charge in [0.1, 0.15) is 5.82 Å². The molecule has 104 valence electrons. The fourth-order valence-corrected chi connectivity index (χ4v) is 1.63. The third kappa shape index (κ3) is 4.01. The SMILES string of the molecule is Cc1cccc(NC(=O)CCNc2ncccc2F)n1. The Morgan fingerprint density at radius 3 is 2.90 bits per heavy atom. The third-order valence-corrected chi connectivity index (χ3v) is 2.56. The van der Waals surface area contributed by atoms with Gasteiger partial charge in [-0.25, -0.2) is 14.4 Å². The van der Waals surface area contributed by atoms with Crippen LogP contribution in [-0.4, -0.2) is 22.4 Å². The molecule has 20 heavy (non-hydrogen) atoms. The smallest absolute Gasteiger partial charge is 0.227 e. The number of nitrogens with one attached hydrogen (secondary N) is 2. The zero-order valence-corrected chi connectivity index (χ0v) is 11.1. The van der Waals surface area contributed by atoms with Gasteiger partial charge in [0.15, 0.2) is 11.6 Å². The Morgan fingerprint density at radius 1 is 1.30 bits per heavy atom. The van der Waals surface area contributed by atoms with E-state index in [0.717, 1.165) is 5.69 Å². The summed E-state index contributed by atoms with van der Waals surface area (Å²) in [6, 6.07) is 8.21. The van der Waals surface area contributed by atoms with Crippen LogP contribution < -0.4 is 10.6 Å². The molecule has 0 aliphatic rings. The summed E-state index contributed by atoms with van der Waals surface area (Å²) in [6.07, 6.45) is 1.69. The van der Waals surface area contributed by atoms with Crippen LogP contribution >= 0.6 is 0 Å². The highest BCUT2D eigenvalue weighted by Gasteiger charge is 2.05. The number of aromatic nitrogens is 2. The minimum atomic E-state index is -0.437. The number of aryl methyl sites for hydroxylation is 1. The highest BCUT2D eigenvalue weighted by molar-refractivity contribution is 5.90. The van der Waals surface area contributed by atoms with Gasteiger partial charge in [-0.1, -0.05) is 6.07 Å². The van der Waals surface area contributed by atoms with E-state index < -0.39 is 5.82 Å². The quantitative estimate of drug-likeness (QED) is 0.878. The van der Waals surface area contributed by atoms with Crippen molar-refractivity contribution in [2.45, 2.75) is 13.3 Å². The van der Waals surface area contributed by atoms with Crippen LogP contribution in [0.15, 0.2) is 36.5 Å². The maximum absolute atomic E-state index is 13.3. The minimum absolute atomic E-state index is 0.147. The Hall–Kier alpha value is -2.50. The fraction of sp³-hybridized carbons (Fsp3) is 0.214. The molecule has 0 saturated carbocycles. The van der Waals surface area contributed by atoms with Gasteiger partial charge in [0, 0.05) is 24.9 Å². The molecule has 0 aliphatic carbocycles. The molecule has 2 heterocycles. The topological polar surface area (TPSA) is 66.9 Å². The Balaban J connectivity index is 1.80. The number of hydrogen-bond donors (Lipinski definition) is 2. The Morgan fingerprint density at radius 2 is 2.15 bits per heavy atom. The summed E-state index contributed by atoms with van der Waals surface area (Å²) in [6.45, 7) is 2.15. The second-order valence-corrected chi connectivity index (χ2v) is 4.22. The van der Waals surface area contributed by atoms with E-state index in [0.29, 0.717) is 12.4 Å². The van der Waals surface area contributed by atoms with Gasteiger partial charge >= 0.3 is 0 Å². The maximum atomic E-state index is 13.3. The molecule has 0 unspecified atom stereocenters. The molecular weight excluding hydrogens is 259 g/mol. The summed E-state index contributed by atoms with van der Waals surface area (Å²) in [5.74, 6) is 0.0354. The number of rotatable bonds is 5. The van der Waals surface area contributed by atoms with Crippen LogP contribution in [0.1, 0.15) is 12.1 Å². The standard InChI is InChI=1S/C14H15FN4O/c1-10-4-2-6-12(18-10)19-13(20)7-9-17-14-11(15)5-3-8-16-14/h2-6,8H,7,9H2,1H3,(H,16,17)(H,18,19,20). The fourth-order valence-electron chi connectivity index (χ4n) is 1.63. The molecule has 2 N–H and O–H groups in total. The number of amides is 1. The number of carbonyl (C=O) groups is 1. The van der Waals surface area contributed by atoms with Gasteiger partial charge in [-0.2, -0.15) is 0 Å². The van der Waals surface area contributed by atoms with Crippen LogP contribution in [0, 0.1) is 12.7 Å². The molecule has 0 spiro atoms. The van der Waals surface area contributed by atoms with E-state index in [2.05, 4.69) is 20.6 Å². The second kappa shape index (κ2) is 6.60. The lowest BCUT2D eigenvalue weighted by molar-refractivity contribution is -0.116. The number of carbonyl (C=O) groups excluding carboxylic acids is 1. The molecule has 2 aromatic heterocycles. The van der Waals surface area contributed by atoms with Gasteiger partial charge in [-0.3, -0.25) is 4.79 Å².